The summed E-state index contributed by atoms with van der Waals surface area (Å²) in [5.41, 5.74) is 1.41. The van der Waals surface area contributed by atoms with Gasteiger partial charge in [0.2, 0.25) is 0 Å². The molecule has 80 valence electrons. The van der Waals surface area contributed by atoms with Crippen molar-refractivity contribution >= 4 is 5.65 Å². The molecule has 3 nitrogen and oxygen atoms in total. The fourth-order valence-corrected chi connectivity index (χ4v) is 1.69. The number of fused-ring (bicyclic) bond motifs is 1. The molecule has 15 heavy (non-hydrogen) atoms. The normalized spacial score (nSPS) is 12.3. The Morgan fingerprint density at radius 2 is 2.00 bits per heavy atom. The van der Waals surface area contributed by atoms with Gasteiger partial charge in [-0.1, -0.05) is 20.8 Å². The Morgan fingerprint density at radius 3 is 2.60 bits per heavy atom. The van der Waals surface area contributed by atoms with Gasteiger partial charge in [-0.2, -0.15) is 5.10 Å². The first-order chi connectivity index (χ1) is 6.91. The molecule has 0 radical (unpaired) electrons. The molecule has 2 aromatic rings. The van der Waals surface area contributed by atoms with Gasteiger partial charge in [-0.3, -0.25) is 0 Å². The molecule has 0 aliphatic heterocycles. The van der Waals surface area contributed by atoms with Gasteiger partial charge in [-0.25, -0.2) is 13.9 Å². The van der Waals surface area contributed by atoms with Crippen molar-refractivity contribution in [3.05, 3.63) is 29.5 Å². The number of hydrogen-bond donors (Lipinski definition) is 0. The topological polar surface area (TPSA) is 30.2 Å². The lowest BCUT2D eigenvalue weighted by molar-refractivity contribution is 0.477. The molecule has 0 aliphatic rings. The third-order valence-corrected chi connectivity index (χ3v) is 2.35. The van der Waals surface area contributed by atoms with Crippen LogP contribution in [-0.2, 0) is 5.41 Å². The van der Waals surface area contributed by atoms with Gasteiger partial charge in [-0.05, 0) is 6.92 Å². The van der Waals surface area contributed by atoms with E-state index < -0.39 is 0 Å². The summed E-state index contributed by atoms with van der Waals surface area (Å²) in [5.74, 6) is -0.265. The van der Waals surface area contributed by atoms with Crippen LogP contribution in [0.5, 0.6) is 0 Å². The lowest BCUT2D eigenvalue weighted by Crippen LogP contribution is -2.21. The molecule has 2 heterocycles. The molecule has 0 saturated heterocycles. The maximum atomic E-state index is 14.0. The Kier molecular flexibility index (Phi) is 2.03. The highest BCUT2D eigenvalue weighted by Crippen LogP contribution is 2.26. The molecule has 0 spiro atoms. The van der Waals surface area contributed by atoms with Crippen LogP contribution < -0.4 is 0 Å². The molecule has 0 amide bonds. The molecule has 0 bridgehead atoms. The lowest BCUT2D eigenvalue weighted by atomic mass is 9.91. The lowest BCUT2D eigenvalue weighted by Gasteiger charge is -2.21. The van der Waals surface area contributed by atoms with Gasteiger partial charge in [-0.15, -0.1) is 0 Å². The first-order valence-electron chi connectivity index (χ1n) is 4.91. The molecule has 2 rings (SSSR count). The van der Waals surface area contributed by atoms with Crippen LogP contribution in [0.25, 0.3) is 5.65 Å². The summed E-state index contributed by atoms with van der Waals surface area (Å²) in [7, 11) is 0. The van der Waals surface area contributed by atoms with Gasteiger partial charge in [0, 0.05) is 11.5 Å². The molecular formula is C11H14FN3. The van der Waals surface area contributed by atoms with Gasteiger partial charge in [0.05, 0.1) is 17.6 Å². The predicted molar refractivity (Wildman–Crippen MR) is 56.4 cm³/mol. The highest BCUT2D eigenvalue weighted by atomic mass is 19.1. The smallest absolute Gasteiger partial charge is 0.166 e. The Labute approximate surface area is 87.9 Å². The Hall–Kier alpha value is -1.45. The second kappa shape index (κ2) is 3.02. The van der Waals surface area contributed by atoms with Gasteiger partial charge in [0.25, 0.3) is 0 Å². The third kappa shape index (κ3) is 1.50. The molecule has 0 fully saturated rings. The zero-order valence-electron chi connectivity index (χ0n) is 9.37. The fraction of sp³-hybridized carbons (Fsp3) is 0.455. The van der Waals surface area contributed by atoms with Crippen LogP contribution in [0.2, 0.25) is 0 Å². The Balaban J connectivity index is 2.90. The highest BCUT2D eigenvalue weighted by molar-refractivity contribution is 5.40. The minimum Gasteiger partial charge on any atom is -0.231 e. The molecule has 0 saturated carbocycles. The van der Waals surface area contributed by atoms with Crippen molar-refractivity contribution in [2.45, 2.75) is 33.1 Å². The zero-order chi connectivity index (χ0) is 11.2. The van der Waals surface area contributed by atoms with Crippen molar-refractivity contribution in [2.24, 2.45) is 0 Å². The third-order valence-electron chi connectivity index (χ3n) is 2.35. The second-order valence-electron chi connectivity index (χ2n) is 4.71. The standard InChI is InChI=1S/C11H14FN3/c1-7-9(12)10(11(2,3)4)15-8(14-7)5-6-13-15/h5-6H,1-4H3. The summed E-state index contributed by atoms with van der Waals surface area (Å²) in [6, 6.07) is 1.78. The van der Waals surface area contributed by atoms with Crippen molar-refractivity contribution < 1.29 is 4.39 Å². The van der Waals surface area contributed by atoms with Crippen LogP contribution in [0.15, 0.2) is 12.3 Å². The van der Waals surface area contributed by atoms with Gasteiger partial charge in [0.1, 0.15) is 0 Å². The molecule has 0 aliphatic carbocycles. The van der Waals surface area contributed by atoms with Gasteiger partial charge in [0.15, 0.2) is 11.5 Å². The number of rotatable bonds is 0. The number of halogens is 1. The molecule has 0 aromatic carbocycles. The molecule has 0 unspecified atom stereocenters. The quantitative estimate of drug-likeness (QED) is 0.664. The van der Waals surface area contributed by atoms with E-state index in [1.807, 2.05) is 20.8 Å². The zero-order valence-corrected chi connectivity index (χ0v) is 9.37. The van der Waals surface area contributed by atoms with E-state index in [0.29, 0.717) is 17.0 Å². The minimum atomic E-state index is -0.290. The van der Waals surface area contributed by atoms with Crippen LogP contribution in [0, 0.1) is 12.7 Å². The molecule has 0 atom stereocenters. The van der Waals surface area contributed by atoms with Crippen molar-refractivity contribution in [1.82, 2.24) is 14.6 Å². The van der Waals surface area contributed by atoms with Gasteiger partial charge < -0.3 is 0 Å². The van der Waals surface area contributed by atoms with E-state index in [2.05, 4.69) is 10.1 Å². The van der Waals surface area contributed by atoms with E-state index >= 15 is 0 Å². The van der Waals surface area contributed by atoms with E-state index in [1.165, 1.54) is 0 Å². The van der Waals surface area contributed by atoms with Crippen LogP contribution in [0.3, 0.4) is 0 Å². The first kappa shape index (κ1) is 10.1. The van der Waals surface area contributed by atoms with Gasteiger partial charge >= 0.3 is 0 Å². The number of hydrogen-bond acceptors (Lipinski definition) is 2. The summed E-state index contributed by atoms with van der Waals surface area (Å²) >= 11 is 0. The van der Waals surface area contributed by atoms with Crippen LogP contribution in [0.1, 0.15) is 32.2 Å². The van der Waals surface area contributed by atoms with E-state index in [1.54, 1.807) is 23.7 Å². The molecule has 4 heteroatoms. The average molecular weight is 207 g/mol. The maximum Gasteiger partial charge on any atom is 0.166 e. The predicted octanol–water partition coefficient (Wildman–Crippen LogP) is 2.47. The Bertz CT molecular complexity index is 508. The summed E-state index contributed by atoms with van der Waals surface area (Å²) in [5, 5.41) is 4.10. The second-order valence-corrected chi connectivity index (χ2v) is 4.71. The van der Waals surface area contributed by atoms with Crippen molar-refractivity contribution in [3.8, 4) is 0 Å². The van der Waals surface area contributed by atoms with E-state index in [9.17, 15) is 4.39 Å². The maximum absolute atomic E-state index is 14.0. The van der Waals surface area contributed by atoms with E-state index in [-0.39, 0.29) is 11.2 Å². The number of aryl methyl sites for hydroxylation is 1. The average Bonchev–Trinajstić information content (AvgIpc) is 2.50. The van der Waals surface area contributed by atoms with Crippen molar-refractivity contribution in [3.63, 3.8) is 0 Å². The fourth-order valence-electron chi connectivity index (χ4n) is 1.69. The first-order valence-corrected chi connectivity index (χ1v) is 4.91. The SMILES string of the molecule is Cc1nc2ccnn2c(C(C)(C)C)c1F. The summed E-state index contributed by atoms with van der Waals surface area (Å²) in [6.07, 6.45) is 1.64. The highest BCUT2D eigenvalue weighted by Gasteiger charge is 2.24. The van der Waals surface area contributed by atoms with E-state index in [4.69, 9.17) is 0 Å². The van der Waals surface area contributed by atoms with Crippen LogP contribution in [0.4, 0.5) is 4.39 Å². The van der Waals surface area contributed by atoms with E-state index in [0.717, 1.165) is 0 Å². The molecule has 0 N–H and O–H groups in total. The summed E-state index contributed by atoms with van der Waals surface area (Å²) in [4.78, 5) is 4.13. The minimum absolute atomic E-state index is 0.265. The van der Waals surface area contributed by atoms with Crippen molar-refractivity contribution in [2.75, 3.05) is 0 Å². The van der Waals surface area contributed by atoms with Crippen molar-refractivity contribution in [1.29, 1.82) is 0 Å². The summed E-state index contributed by atoms with van der Waals surface area (Å²) in [6.45, 7) is 7.57. The largest absolute Gasteiger partial charge is 0.231 e. The Morgan fingerprint density at radius 1 is 1.33 bits per heavy atom. The van der Waals surface area contributed by atoms with Crippen LogP contribution >= 0.6 is 0 Å². The number of nitrogens with zero attached hydrogens (tertiary/aromatic N) is 3. The monoisotopic (exact) mass is 207 g/mol. The number of aromatic nitrogens is 3. The molecular weight excluding hydrogens is 193 g/mol. The molecule has 2 aromatic heterocycles. The summed E-state index contributed by atoms with van der Waals surface area (Å²) < 4.78 is 15.6. The van der Waals surface area contributed by atoms with Crippen LogP contribution in [-0.4, -0.2) is 14.6 Å².